The van der Waals surface area contributed by atoms with E-state index in [1.165, 1.54) is 0 Å². The zero-order valence-corrected chi connectivity index (χ0v) is 13.8. The van der Waals surface area contributed by atoms with Crippen molar-refractivity contribution in [2.24, 2.45) is 0 Å². The van der Waals surface area contributed by atoms with Gasteiger partial charge in [-0.15, -0.1) is 0 Å². The molecule has 0 aromatic carbocycles. The van der Waals surface area contributed by atoms with Crippen LogP contribution in [0.4, 0.5) is 0 Å². The van der Waals surface area contributed by atoms with Gasteiger partial charge in [-0.1, -0.05) is 60.7 Å². The van der Waals surface area contributed by atoms with Crippen molar-refractivity contribution in [3.8, 4) is 22.3 Å². The molecule has 0 N–H and O–H groups in total. The molecule has 0 fully saturated rings. The Balaban J connectivity index is 1.91. The van der Waals surface area contributed by atoms with Crippen molar-refractivity contribution in [3.63, 3.8) is 0 Å². The smallest absolute Gasteiger partial charge is 0.194 e. The lowest BCUT2D eigenvalue weighted by Crippen LogP contribution is -2.00. The summed E-state index contributed by atoms with van der Waals surface area (Å²) in [4.78, 5) is 13.3. The standard InChI is InChI=1S/C23H18O/c1-15-13-21(19-11-7-3-5-9-17(15)19)23(24)22-14-16(2)18-10-6-4-8-12-20(18)22/h3-14H,1-2H3. The molecule has 0 aromatic rings. The second-order valence-electron chi connectivity index (χ2n) is 6.29. The number of hydrogen-bond acceptors (Lipinski definition) is 1. The molecule has 0 aliphatic heterocycles. The second kappa shape index (κ2) is 5.61. The topological polar surface area (TPSA) is 17.1 Å². The molecule has 0 heterocycles. The lowest BCUT2D eigenvalue weighted by molar-refractivity contribution is 0.104. The molecule has 116 valence electrons. The first-order chi connectivity index (χ1) is 11.7. The summed E-state index contributed by atoms with van der Waals surface area (Å²) in [6.45, 7) is 4.13. The van der Waals surface area contributed by atoms with Crippen LogP contribution in [0.3, 0.4) is 0 Å². The Labute approximate surface area is 142 Å². The number of carbonyl (C=O) groups excluding carboxylic acids is 1. The maximum atomic E-state index is 13.3. The van der Waals surface area contributed by atoms with Gasteiger partial charge in [0, 0.05) is 11.1 Å². The van der Waals surface area contributed by atoms with E-state index in [0.29, 0.717) is 0 Å². The average molecular weight is 310 g/mol. The first-order valence-electron chi connectivity index (χ1n) is 8.18. The van der Waals surface area contributed by atoms with E-state index >= 15 is 0 Å². The van der Waals surface area contributed by atoms with E-state index < -0.39 is 0 Å². The van der Waals surface area contributed by atoms with Gasteiger partial charge >= 0.3 is 0 Å². The number of rotatable bonds is 2. The monoisotopic (exact) mass is 310 g/mol. The number of hydrogen-bond donors (Lipinski definition) is 0. The predicted octanol–water partition coefficient (Wildman–Crippen LogP) is 5.74. The molecule has 1 nitrogen and oxygen atoms in total. The van der Waals surface area contributed by atoms with Crippen molar-refractivity contribution in [2.45, 2.75) is 13.8 Å². The lowest BCUT2D eigenvalue weighted by atomic mass is 9.99. The summed E-state index contributed by atoms with van der Waals surface area (Å²) in [5.41, 5.74) is 8.19. The van der Waals surface area contributed by atoms with E-state index in [0.717, 1.165) is 44.5 Å². The van der Waals surface area contributed by atoms with E-state index in [1.807, 2.05) is 60.7 Å². The molecule has 0 radical (unpaired) electrons. The van der Waals surface area contributed by atoms with E-state index in [9.17, 15) is 4.79 Å². The SMILES string of the molecule is Cc1cc(C(=O)c2cc(C)c3cccccc2-3)c2cccccc1-2. The summed E-state index contributed by atoms with van der Waals surface area (Å²) in [5.74, 6) is 0.101. The van der Waals surface area contributed by atoms with E-state index in [4.69, 9.17) is 0 Å². The average Bonchev–Trinajstić information content (AvgIpc) is 2.88. The molecule has 0 saturated heterocycles. The van der Waals surface area contributed by atoms with Gasteiger partial charge in [0.1, 0.15) is 0 Å². The zero-order chi connectivity index (χ0) is 16.7. The molecule has 0 atom stereocenters. The molecule has 0 saturated carbocycles. The molecular formula is C23H18O. The first-order valence-corrected chi connectivity index (χ1v) is 8.18. The molecule has 0 aromatic heterocycles. The van der Waals surface area contributed by atoms with Crippen LogP contribution in [-0.4, -0.2) is 5.78 Å². The third-order valence-corrected chi connectivity index (χ3v) is 4.72. The molecule has 0 unspecified atom stereocenters. The minimum Gasteiger partial charge on any atom is -0.289 e. The van der Waals surface area contributed by atoms with Crippen molar-refractivity contribution in [2.75, 3.05) is 0 Å². The molecule has 24 heavy (non-hydrogen) atoms. The van der Waals surface area contributed by atoms with Crippen molar-refractivity contribution in [1.29, 1.82) is 0 Å². The Morgan fingerprint density at radius 3 is 1.38 bits per heavy atom. The van der Waals surface area contributed by atoms with Crippen LogP contribution in [-0.2, 0) is 0 Å². The fourth-order valence-corrected chi connectivity index (χ4v) is 3.52. The summed E-state index contributed by atoms with van der Waals surface area (Å²) >= 11 is 0. The van der Waals surface area contributed by atoms with E-state index in [2.05, 4.69) is 26.0 Å². The van der Waals surface area contributed by atoms with Gasteiger partial charge in [-0.25, -0.2) is 0 Å². The normalized spacial score (nSPS) is 11.1. The molecule has 0 amide bonds. The lowest BCUT2D eigenvalue weighted by Gasteiger charge is -2.03. The van der Waals surface area contributed by atoms with Gasteiger partial charge in [0.15, 0.2) is 5.78 Å². The van der Waals surface area contributed by atoms with Crippen molar-refractivity contribution in [3.05, 3.63) is 95.1 Å². The Bertz CT molecular complexity index is 916. The predicted molar refractivity (Wildman–Crippen MR) is 99.0 cm³/mol. The van der Waals surface area contributed by atoms with Gasteiger partial charge in [0.2, 0.25) is 0 Å². The fourth-order valence-electron chi connectivity index (χ4n) is 3.52. The third kappa shape index (κ3) is 2.21. The highest BCUT2D eigenvalue weighted by atomic mass is 16.1. The minimum absolute atomic E-state index is 0.101. The van der Waals surface area contributed by atoms with E-state index in [-0.39, 0.29) is 5.78 Å². The van der Waals surface area contributed by atoms with Gasteiger partial charge in [0.25, 0.3) is 0 Å². The summed E-state index contributed by atoms with van der Waals surface area (Å²) in [6, 6.07) is 24.3. The van der Waals surface area contributed by atoms with Crippen LogP contribution in [0, 0.1) is 13.8 Å². The first kappa shape index (κ1) is 14.6. The maximum Gasteiger partial charge on any atom is 0.194 e. The highest BCUT2D eigenvalue weighted by molar-refractivity contribution is 6.18. The van der Waals surface area contributed by atoms with Crippen molar-refractivity contribution < 1.29 is 4.79 Å². The molecule has 0 spiro atoms. The Morgan fingerprint density at radius 1 is 0.583 bits per heavy atom. The highest BCUT2D eigenvalue weighted by Crippen LogP contribution is 2.37. The second-order valence-corrected chi connectivity index (χ2v) is 6.29. The summed E-state index contributed by atoms with van der Waals surface area (Å²) in [5, 5.41) is 0. The molecule has 0 bridgehead atoms. The van der Waals surface area contributed by atoms with Crippen LogP contribution in [0.2, 0.25) is 0 Å². The Hall–Kier alpha value is -2.93. The van der Waals surface area contributed by atoms with Crippen LogP contribution in [0.15, 0.2) is 72.8 Å². The molecule has 4 aliphatic carbocycles. The zero-order valence-electron chi connectivity index (χ0n) is 13.8. The molecule has 4 rings (SSSR count). The third-order valence-electron chi connectivity index (χ3n) is 4.72. The molecule has 4 aliphatic rings. The van der Waals surface area contributed by atoms with Gasteiger partial charge < -0.3 is 0 Å². The fraction of sp³-hybridized carbons (Fsp3) is 0.0870. The highest BCUT2D eigenvalue weighted by Gasteiger charge is 2.23. The van der Waals surface area contributed by atoms with Crippen LogP contribution >= 0.6 is 0 Å². The maximum absolute atomic E-state index is 13.3. The van der Waals surface area contributed by atoms with Crippen molar-refractivity contribution >= 4 is 5.78 Å². The minimum atomic E-state index is 0.101. The Morgan fingerprint density at radius 2 is 0.958 bits per heavy atom. The largest absolute Gasteiger partial charge is 0.289 e. The summed E-state index contributed by atoms with van der Waals surface area (Å²) in [7, 11) is 0. The van der Waals surface area contributed by atoms with Crippen molar-refractivity contribution in [1.82, 2.24) is 0 Å². The number of aryl methyl sites for hydroxylation is 2. The Kier molecular flexibility index (Phi) is 3.42. The van der Waals surface area contributed by atoms with Crippen LogP contribution in [0.25, 0.3) is 22.3 Å². The van der Waals surface area contributed by atoms with Crippen LogP contribution < -0.4 is 0 Å². The van der Waals surface area contributed by atoms with Gasteiger partial charge in [-0.05, 0) is 59.4 Å². The summed E-state index contributed by atoms with van der Waals surface area (Å²) in [6.07, 6.45) is 0. The van der Waals surface area contributed by atoms with E-state index in [1.54, 1.807) is 0 Å². The van der Waals surface area contributed by atoms with Gasteiger partial charge in [-0.2, -0.15) is 0 Å². The number of fused-ring (bicyclic) bond motifs is 2. The van der Waals surface area contributed by atoms with Crippen LogP contribution in [0.5, 0.6) is 0 Å². The van der Waals surface area contributed by atoms with Gasteiger partial charge in [-0.3, -0.25) is 4.79 Å². The molecule has 1 heteroatoms. The molecular weight excluding hydrogens is 292 g/mol. The quantitative estimate of drug-likeness (QED) is 0.431. The number of carbonyl (C=O) groups is 1. The van der Waals surface area contributed by atoms with Gasteiger partial charge in [0.05, 0.1) is 0 Å². The number of ketones is 1. The summed E-state index contributed by atoms with van der Waals surface area (Å²) < 4.78 is 0. The van der Waals surface area contributed by atoms with Crippen LogP contribution in [0.1, 0.15) is 27.0 Å².